The van der Waals surface area contributed by atoms with Crippen LogP contribution in [0.2, 0.25) is 0 Å². The van der Waals surface area contributed by atoms with E-state index in [-0.39, 0.29) is 18.6 Å². The SMILES string of the molecule is C#CCN(Cc1ccco1)C(=O)CC1OCCc2ccccc21. The molecule has 1 atom stereocenters. The molecule has 2 heterocycles. The number of benzene rings is 1. The van der Waals surface area contributed by atoms with Crippen molar-refractivity contribution in [1.82, 2.24) is 4.90 Å². The minimum atomic E-state index is -0.204. The van der Waals surface area contributed by atoms with Gasteiger partial charge in [-0.1, -0.05) is 30.2 Å². The van der Waals surface area contributed by atoms with E-state index in [0.29, 0.717) is 19.6 Å². The van der Waals surface area contributed by atoms with Crippen LogP contribution in [0.4, 0.5) is 0 Å². The van der Waals surface area contributed by atoms with Crippen LogP contribution in [0.25, 0.3) is 0 Å². The maximum absolute atomic E-state index is 12.6. The van der Waals surface area contributed by atoms with Gasteiger partial charge >= 0.3 is 0 Å². The number of carbonyl (C=O) groups excluding carboxylic acids is 1. The summed E-state index contributed by atoms with van der Waals surface area (Å²) >= 11 is 0. The van der Waals surface area contributed by atoms with Gasteiger partial charge in [-0.3, -0.25) is 4.79 Å². The fourth-order valence-corrected chi connectivity index (χ4v) is 2.87. The molecule has 0 fully saturated rings. The highest BCUT2D eigenvalue weighted by Gasteiger charge is 2.25. The Morgan fingerprint density at radius 3 is 2.96 bits per heavy atom. The zero-order valence-electron chi connectivity index (χ0n) is 12.9. The van der Waals surface area contributed by atoms with E-state index in [1.807, 2.05) is 24.3 Å². The van der Waals surface area contributed by atoms with Crippen molar-refractivity contribution in [2.45, 2.75) is 25.5 Å². The molecular weight excluding hydrogens is 290 g/mol. The number of hydrogen-bond donors (Lipinski definition) is 0. The molecule has 2 aromatic rings. The summed E-state index contributed by atoms with van der Waals surface area (Å²) in [6.07, 6.45) is 7.97. The van der Waals surface area contributed by atoms with Gasteiger partial charge in [0.1, 0.15) is 5.76 Å². The molecule has 23 heavy (non-hydrogen) atoms. The van der Waals surface area contributed by atoms with Crippen molar-refractivity contribution < 1.29 is 13.9 Å². The average Bonchev–Trinajstić information content (AvgIpc) is 3.08. The Bertz CT molecular complexity index is 700. The number of hydrogen-bond acceptors (Lipinski definition) is 3. The van der Waals surface area contributed by atoms with Crippen LogP contribution in [0.3, 0.4) is 0 Å². The van der Waals surface area contributed by atoms with Crippen LogP contribution in [-0.4, -0.2) is 24.0 Å². The number of amides is 1. The normalized spacial score (nSPS) is 16.4. The number of ether oxygens (including phenoxy) is 1. The summed E-state index contributed by atoms with van der Waals surface area (Å²) in [5.41, 5.74) is 2.36. The van der Waals surface area contributed by atoms with Gasteiger partial charge in [0.25, 0.3) is 0 Å². The van der Waals surface area contributed by atoms with E-state index in [1.165, 1.54) is 5.56 Å². The summed E-state index contributed by atoms with van der Waals surface area (Å²) in [5.74, 6) is 3.23. The zero-order chi connectivity index (χ0) is 16.1. The Hall–Kier alpha value is -2.51. The molecular formula is C19H19NO3. The Kier molecular flexibility index (Phi) is 4.80. The number of nitrogens with zero attached hydrogens (tertiary/aromatic N) is 1. The first-order valence-electron chi connectivity index (χ1n) is 7.71. The van der Waals surface area contributed by atoms with Crippen LogP contribution >= 0.6 is 0 Å². The minimum Gasteiger partial charge on any atom is -0.467 e. The van der Waals surface area contributed by atoms with Gasteiger partial charge in [0, 0.05) is 0 Å². The molecule has 1 amide bonds. The number of furan rings is 1. The summed E-state index contributed by atoms with van der Waals surface area (Å²) in [5, 5.41) is 0. The molecule has 1 aliphatic rings. The van der Waals surface area contributed by atoms with Crippen molar-refractivity contribution in [3.05, 3.63) is 59.5 Å². The molecule has 0 aliphatic carbocycles. The standard InChI is InChI=1S/C19H19NO3/c1-2-10-20(14-16-7-5-11-22-16)19(21)13-18-17-8-4-3-6-15(17)9-12-23-18/h1,3-8,11,18H,9-10,12-14H2. The lowest BCUT2D eigenvalue weighted by Crippen LogP contribution is -2.33. The highest BCUT2D eigenvalue weighted by molar-refractivity contribution is 5.77. The van der Waals surface area contributed by atoms with Crippen molar-refractivity contribution >= 4 is 5.91 Å². The van der Waals surface area contributed by atoms with E-state index in [2.05, 4.69) is 12.0 Å². The first kappa shape index (κ1) is 15.4. The van der Waals surface area contributed by atoms with E-state index in [9.17, 15) is 4.79 Å². The Labute approximate surface area is 136 Å². The number of terminal acetylenes is 1. The fourth-order valence-electron chi connectivity index (χ4n) is 2.87. The van der Waals surface area contributed by atoms with Gasteiger partial charge < -0.3 is 14.1 Å². The molecule has 0 saturated carbocycles. The van der Waals surface area contributed by atoms with E-state index in [4.69, 9.17) is 15.6 Å². The van der Waals surface area contributed by atoms with Crippen LogP contribution in [0.5, 0.6) is 0 Å². The summed E-state index contributed by atoms with van der Waals surface area (Å²) in [6.45, 7) is 1.28. The van der Waals surface area contributed by atoms with Crippen LogP contribution in [-0.2, 0) is 22.5 Å². The monoisotopic (exact) mass is 309 g/mol. The number of rotatable bonds is 5. The van der Waals surface area contributed by atoms with Gasteiger partial charge in [-0.05, 0) is 29.7 Å². The Balaban J connectivity index is 1.71. The second kappa shape index (κ2) is 7.17. The molecule has 0 saturated heterocycles. The summed E-state index contributed by atoms with van der Waals surface area (Å²) in [4.78, 5) is 14.3. The van der Waals surface area contributed by atoms with Crippen LogP contribution in [0.1, 0.15) is 29.4 Å². The highest BCUT2D eigenvalue weighted by Crippen LogP contribution is 2.30. The van der Waals surface area contributed by atoms with Gasteiger partial charge in [0.2, 0.25) is 5.91 Å². The van der Waals surface area contributed by atoms with Gasteiger partial charge in [-0.15, -0.1) is 6.42 Å². The molecule has 0 radical (unpaired) electrons. The van der Waals surface area contributed by atoms with Gasteiger partial charge in [-0.2, -0.15) is 0 Å². The minimum absolute atomic E-state index is 0.0268. The van der Waals surface area contributed by atoms with Crippen LogP contribution < -0.4 is 0 Å². The van der Waals surface area contributed by atoms with Gasteiger partial charge in [0.05, 0.1) is 38.5 Å². The lowest BCUT2D eigenvalue weighted by molar-refractivity contribution is -0.134. The topological polar surface area (TPSA) is 42.7 Å². The molecule has 1 aromatic heterocycles. The molecule has 4 nitrogen and oxygen atoms in total. The zero-order valence-corrected chi connectivity index (χ0v) is 12.9. The smallest absolute Gasteiger partial charge is 0.226 e. The number of fused-ring (bicyclic) bond motifs is 1. The molecule has 1 aliphatic heterocycles. The summed E-state index contributed by atoms with van der Waals surface area (Å²) in [7, 11) is 0. The molecule has 0 spiro atoms. The second-order valence-electron chi connectivity index (χ2n) is 5.55. The van der Waals surface area contributed by atoms with Crippen molar-refractivity contribution in [2.75, 3.05) is 13.2 Å². The quantitative estimate of drug-likeness (QED) is 0.798. The Morgan fingerprint density at radius 2 is 2.17 bits per heavy atom. The maximum Gasteiger partial charge on any atom is 0.226 e. The average molecular weight is 309 g/mol. The number of carbonyl (C=O) groups is 1. The van der Waals surface area contributed by atoms with Crippen molar-refractivity contribution in [2.24, 2.45) is 0 Å². The van der Waals surface area contributed by atoms with Crippen molar-refractivity contribution in [3.63, 3.8) is 0 Å². The van der Waals surface area contributed by atoms with E-state index < -0.39 is 0 Å². The van der Waals surface area contributed by atoms with Gasteiger partial charge in [0.15, 0.2) is 0 Å². The van der Waals surface area contributed by atoms with E-state index >= 15 is 0 Å². The first-order valence-corrected chi connectivity index (χ1v) is 7.71. The second-order valence-corrected chi connectivity index (χ2v) is 5.55. The predicted molar refractivity (Wildman–Crippen MR) is 86.4 cm³/mol. The van der Waals surface area contributed by atoms with Crippen molar-refractivity contribution in [3.8, 4) is 12.3 Å². The van der Waals surface area contributed by atoms with E-state index in [1.54, 1.807) is 17.2 Å². The van der Waals surface area contributed by atoms with Crippen LogP contribution in [0, 0.1) is 12.3 Å². The molecule has 118 valence electrons. The van der Waals surface area contributed by atoms with Crippen molar-refractivity contribution in [1.29, 1.82) is 0 Å². The Morgan fingerprint density at radius 1 is 1.30 bits per heavy atom. The summed E-state index contributed by atoms with van der Waals surface area (Å²) < 4.78 is 11.1. The molecule has 1 aromatic carbocycles. The maximum atomic E-state index is 12.6. The molecule has 0 bridgehead atoms. The first-order chi connectivity index (χ1) is 11.3. The van der Waals surface area contributed by atoms with E-state index in [0.717, 1.165) is 17.7 Å². The third kappa shape index (κ3) is 3.64. The highest BCUT2D eigenvalue weighted by atomic mass is 16.5. The van der Waals surface area contributed by atoms with Gasteiger partial charge in [-0.25, -0.2) is 0 Å². The lowest BCUT2D eigenvalue weighted by Gasteiger charge is -2.28. The largest absolute Gasteiger partial charge is 0.467 e. The fraction of sp³-hybridized carbons (Fsp3) is 0.316. The molecule has 4 heteroatoms. The summed E-state index contributed by atoms with van der Waals surface area (Å²) in [6, 6.07) is 11.8. The molecule has 0 N–H and O–H groups in total. The predicted octanol–water partition coefficient (Wildman–Crippen LogP) is 2.95. The molecule has 3 rings (SSSR count). The third-order valence-corrected chi connectivity index (χ3v) is 4.01. The third-order valence-electron chi connectivity index (χ3n) is 4.01. The lowest BCUT2D eigenvalue weighted by atomic mass is 9.95. The van der Waals surface area contributed by atoms with Crippen LogP contribution in [0.15, 0.2) is 47.1 Å². The molecule has 1 unspecified atom stereocenters.